The highest BCUT2D eigenvalue weighted by Gasteiger charge is 2.21. The van der Waals surface area contributed by atoms with E-state index in [4.69, 9.17) is 18.2 Å². The van der Waals surface area contributed by atoms with E-state index in [1.54, 1.807) is 0 Å². The molecule has 5 nitrogen and oxygen atoms in total. The molecular weight excluding hydrogens is 568 g/mol. The number of para-hydroxylation sites is 3. The van der Waals surface area contributed by atoms with Crippen LogP contribution in [0.25, 0.3) is 77.2 Å². The van der Waals surface area contributed by atoms with Gasteiger partial charge in [0.2, 0.25) is 5.89 Å². The van der Waals surface area contributed by atoms with Gasteiger partial charge in [0.1, 0.15) is 27.8 Å². The van der Waals surface area contributed by atoms with E-state index in [0.717, 1.165) is 83.0 Å². The fourth-order valence-corrected chi connectivity index (χ4v) is 6.80. The maximum Gasteiger partial charge on any atom is 0.228 e. The molecule has 0 saturated carbocycles. The van der Waals surface area contributed by atoms with E-state index in [-0.39, 0.29) is 0 Å². The topological polar surface area (TPSA) is 55.6 Å². The molecule has 0 bridgehead atoms. The third-order valence-corrected chi connectivity index (χ3v) is 8.89. The van der Waals surface area contributed by atoms with Gasteiger partial charge in [-0.25, -0.2) is 4.98 Å². The smallest absolute Gasteiger partial charge is 0.228 e. The SMILES string of the molecule is c1ccc2c(N(c3ccc4c(c3)oc3cccc(-c5nc6ccccc6o5)c34)c3ccc4oc5ccccc5c4c3)cccc2c1. The summed E-state index contributed by atoms with van der Waals surface area (Å²) in [4.78, 5) is 7.09. The van der Waals surface area contributed by atoms with Crippen LogP contribution in [-0.2, 0) is 0 Å². The van der Waals surface area contributed by atoms with Crippen LogP contribution in [0, 0.1) is 0 Å². The molecule has 0 amide bonds. The first-order valence-corrected chi connectivity index (χ1v) is 15.3. The van der Waals surface area contributed by atoms with E-state index in [1.165, 1.54) is 5.39 Å². The lowest BCUT2D eigenvalue weighted by Crippen LogP contribution is -2.10. The summed E-state index contributed by atoms with van der Waals surface area (Å²) < 4.78 is 18.9. The Bertz CT molecular complexity index is 2750. The van der Waals surface area contributed by atoms with E-state index in [1.807, 2.05) is 54.6 Å². The molecule has 0 saturated heterocycles. The first-order valence-electron chi connectivity index (χ1n) is 15.3. The molecule has 0 aliphatic rings. The molecule has 7 aromatic carbocycles. The monoisotopic (exact) mass is 592 g/mol. The second kappa shape index (κ2) is 9.58. The van der Waals surface area contributed by atoms with Crippen molar-refractivity contribution in [1.82, 2.24) is 4.98 Å². The maximum absolute atomic E-state index is 6.54. The van der Waals surface area contributed by atoms with Gasteiger partial charge in [-0.1, -0.05) is 72.8 Å². The van der Waals surface area contributed by atoms with Crippen LogP contribution in [-0.4, -0.2) is 4.98 Å². The van der Waals surface area contributed by atoms with Crippen LogP contribution in [0.3, 0.4) is 0 Å². The van der Waals surface area contributed by atoms with Gasteiger partial charge in [0, 0.05) is 49.9 Å². The van der Waals surface area contributed by atoms with Crippen LogP contribution >= 0.6 is 0 Å². The zero-order valence-electron chi connectivity index (χ0n) is 24.5. The van der Waals surface area contributed by atoms with Gasteiger partial charge in [0.25, 0.3) is 0 Å². The molecule has 10 aromatic rings. The number of hydrogen-bond acceptors (Lipinski definition) is 5. The van der Waals surface area contributed by atoms with Crippen molar-refractivity contribution < 1.29 is 13.3 Å². The summed E-state index contributed by atoms with van der Waals surface area (Å²) in [5.74, 6) is 0.580. The number of aromatic nitrogens is 1. The molecule has 216 valence electrons. The normalized spacial score (nSPS) is 11.9. The largest absolute Gasteiger partial charge is 0.456 e. The van der Waals surface area contributed by atoms with Crippen molar-refractivity contribution in [2.45, 2.75) is 0 Å². The highest BCUT2D eigenvalue weighted by molar-refractivity contribution is 6.13. The van der Waals surface area contributed by atoms with Crippen molar-refractivity contribution in [3.63, 3.8) is 0 Å². The van der Waals surface area contributed by atoms with Crippen LogP contribution in [0.4, 0.5) is 17.1 Å². The fraction of sp³-hybridized carbons (Fsp3) is 0. The molecule has 10 rings (SSSR count). The van der Waals surface area contributed by atoms with E-state index >= 15 is 0 Å². The van der Waals surface area contributed by atoms with Crippen molar-refractivity contribution >= 4 is 82.8 Å². The minimum Gasteiger partial charge on any atom is -0.456 e. The van der Waals surface area contributed by atoms with Crippen LogP contribution in [0.15, 0.2) is 159 Å². The number of anilines is 3. The summed E-state index contributed by atoms with van der Waals surface area (Å²) in [6.45, 7) is 0. The van der Waals surface area contributed by atoms with Gasteiger partial charge in [-0.15, -0.1) is 0 Å². The first-order chi connectivity index (χ1) is 22.8. The van der Waals surface area contributed by atoms with Crippen LogP contribution in [0.1, 0.15) is 0 Å². The Morgan fingerprint density at radius 2 is 1.13 bits per heavy atom. The molecule has 0 N–H and O–H groups in total. The minimum absolute atomic E-state index is 0.580. The molecule has 0 fully saturated rings. The van der Waals surface area contributed by atoms with Gasteiger partial charge in [0.15, 0.2) is 5.58 Å². The van der Waals surface area contributed by atoms with Gasteiger partial charge in [0.05, 0.1) is 5.69 Å². The molecule has 5 heteroatoms. The molecule has 0 atom stereocenters. The van der Waals surface area contributed by atoms with Crippen molar-refractivity contribution in [3.8, 4) is 11.5 Å². The van der Waals surface area contributed by atoms with Gasteiger partial charge < -0.3 is 18.2 Å². The predicted octanol–water partition coefficient (Wildman–Crippen LogP) is 11.9. The Labute approximate surface area is 262 Å². The summed E-state index contributed by atoms with van der Waals surface area (Å²) >= 11 is 0. The highest BCUT2D eigenvalue weighted by atomic mass is 16.4. The Balaban J connectivity index is 1.20. The first kappa shape index (κ1) is 25.0. The summed E-state index contributed by atoms with van der Waals surface area (Å²) in [5.41, 5.74) is 8.90. The summed E-state index contributed by atoms with van der Waals surface area (Å²) in [6.07, 6.45) is 0. The van der Waals surface area contributed by atoms with E-state index in [2.05, 4.69) is 95.9 Å². The van der Waals surface area contributed by atoms with Crippen LogP contribution < -0.4 is 4.90 Å². The standard InChI is InChI=1S/C41H24N2O3/c1-2-11-28-25(9-1)10-7-15-34(28)43(26-20-22-36-32(23-26)29-12-3-5-16-35(29)44-36)27-19-21-30-39(24-27)45-38-18-8-13-31(40(30)38)41-42-33-14-4-6-17-37(33)46-41/h1-24H. The fourth-order valence-electron chi connectivity index (χ4n) is 6.80. The van der Waals surface area contributed by atoms with E-state index in [9.17, 15) is 0 Å². The quantitative estimate of drug-likeness (QED) is 0.203. The third-order valence-electron chi connectivity index (χ3n) is 8.89. The molecule has 0 radical (unpaired) electrons. The Hall–Kier alpha value is -6.33. The van der Waals surface area contributed by atoms with Gasteiger partial charge in [-0.3, -0.25) is 0 Å². The van der Waals surface area contributed by atoms with Gasteiger partial charge in [-0.05, 0) is 72.1 Å². The number of oxazole rings is 1. The van der Waals surface area contributed by atoms with Crippen molar-refractivity contribution in [2.24, 2.45) is 0 Å². The average Bonchev–Trinajstić information content (AvgIpc) is 3.81. The molecular formula is C41H24N2O3. The third kappa shape index (κ3) is 3.72. The number of benzene rings is 7. The molecule has 0 aliphatic carbocycles. The Morgan fingerprint density at radius 3 is 2.07 bits per heavy atom. The van der Waals surface area contributed by atoms with Crippen LogP contribution in [0.5, 0.6) is 0 Å². The molecule has 0 aliphatic heterocycles. The van der Waals surface area contributed by atoms with Crippen molar-refractivity contribution in [1.29, 1.82) is 0 Å². The number of rotatable bonds is 4. The number of fused-ring (bicyclic) bond motifs is 8. The molecule has 46 heavy (non-hydrogen) atoms. The summed E-state index contributed by atoms with van der Waals surface area (Å²) in [6, 6.07) is 49.9. The number of hydrogen-bond donors (Lipinski definition) is 0. The molecule has 3 aromatic heterocycles. The van der Waals surface area contributed by atoms with Crippen molar-refractivity contribution in [3.05, 3.63) is 146 Å². The lowest BCUT2D eigenvalue weighted by molar-refractivity contribution is 0.620. The van der Waals surface area contributed by atoms with Crippen LogP contribution in [0.2, 0.25) is 0 Å². The predicted molar refractivity (Wildman–Crippen MR) is 186 cm³/mol. The van der Waals surface area contributed by atoms with Gasteiger partial charge in [-0.2, -0.15) is 0 Å². The molecule has 0 spiro atoms. The molecule has 0 unspecified atom stereocenters. The Kier molecular flexibility index (Phi) is 5.22. The van der Waals surface area contributed by atoms with Crippen molar-refractivity contribution in [2.75, 3.05) is 4.90 Å². The summed E-state index contributed by atoms with van der Waals surface area (Å²) in [7, 11) is 0. The lowest BCUT2D eigenvalue weighted by atomic mass is 10.0. The zero-order chi connectivity index (χ0) is 30.2. The number of nitrogens with zero attached hydrogens (tertiary/aromatic N) is 2. The zero-order valence-corrected chi connectivity index (χ0v) is 24.5. The Morgan fingerprint density at radius 1 is 0.435 bits per heavy atom. The lowest BCUT2D eigenvalue weighted by Gasteiger charge is -2.27. The number of furan rings is 2. The molecule has 3 heterocycles. The van der Waals surface area contributed by atoms with E-state index in [0.29, 0.717) is 5.89 Å². The second-order valence-corrected chi connectivity index (χ2v) is 11.6. The van der Waals surface area contributed by atoms with E-state index < -0.39 is 0 Å². The maximum atomic E-state index is 6.54. The second-order valence-electron chi connectivity index (χ2n) is 11.6. The summed E-state index contributed by atoms with van der Waals surface area (Å²) in [5, 5.41) is 6.49. The minimum atomic E-state index is 0.580. The van der Waals surface area contributed by atoms with Gasteiger partial charge >= 0.3 is 0 Å². The average molecular weight is 593 g/mol. The highest BCUT2D eigenvalue weighted by Crippen LogP contribution is 2.44.